The minimum Gasteiger partial charge on any atom is -0.319 e. The van der Waals surface area contributed by atoms with Crippen LogP contribution in [0.5, 0.6) is 0 Å². The molecule has 0 spiro atoms. The lowest BCUT2D eigenvalue weighted by atomic mass is 10.1. The number of rotatable bonds is 8. The average molecular weight is 287 g/mol. The Morgan fingerprint density at radius 1 is 1.30 bits per heavy atom. The van der Waals surface area contributed by atoms with Gasteiger partial charge in [-0.25, -0.2) is 0 Å². The van der Waals surface area contributed by atoms with Crippen LogP contribution in [-0.4, -0.2) is 77.3 Å². The highest BCUT2D eigenvalue weighted by atomic mass is 15.1. The Hall–Kier alpha value is -0.160. The molecule has 0 aromatic heterocycles. The third-order valence-electron chi connectivity index (χ3n) is 3.87. The van der Waals surface area contributed by atoms with Crippen LogP contribution < -0.4 is 10.6 Å². The highest BCUT2D eigenvalue weighted by Gasteiger charge is 2.17. The molecule has 20 heavy (non-hydrogen) atoms. The molecular formula is C16H38N4. The van der Waals surface area contributed by atoms with Crippen molar-refractivity contribution in [1.82, 2.24) is 20.4 Å². The maximum atomic E-state index is 3.38. The lowest BCUT2D eigenvalue weighted by Crippen LogP contribution is -2.28. The topological polar surface area (TPSA) is 30.5 Å². The predicted molar refractivity (Wildman–Crippen MR) is 90.4 cm³/mol. The van der Waals surface area contributed by atoms with Crippen LogP contribution in [-0.2, 0) is 0 Å². The number of nitrogens with one attached hydrogen (secondary N) is 2. The van der Waals surface area contributed by atoms with Crippen LogP contribution in [0.25, 0.3) is 0 Å². The first-order valence-electron chi connectivity index (χ1n) is 8.21. The molecule has 4 nitrogen and oxygen atoms in total. The zero-order valence-electron chi connectivity index (χ0n) is 14.7. The van der Waals surface area contributed by atoms with Crippen LogP contribution in [0.15, 0.2) is 0 Å². The van der Waals surface area contributed by atoms with Crippen LogP contribution >= 0.6 is 0 Å². The van der Waals surface area contributed by atoms with Crippen LogP contribution in [0.4, 0.5) is 0 Å². The van der Waals surface area contributed by atoms with E-state index in [9.17, 15) is 0 Å². The Labute approximate surface area is 127 Å². The second kappa shape index (κ2) is 12.6. The van der Waals surface area contributed by atoms with Crippen LogP contribution in [0.1, 0.15) is 26.7 Å². The van der Waals surface area contributed by atoms with Crippen molar-refractivity contribution in [3.63, 3.8) is 0 Å². The second-order valence-corrected chi connectivity index (χ2v) is 6.32. The van der Waals surface area contributed by atoms with Crippen molar-refractivity contribution >= 4 is 0 Å². The van der Waals surface area contributed by atoms with Crippen molar-refractivity contribution in [2.24, 2.45) is 11.8 Å². The van der Waals surface area contributed by atoms with Gasteiger partial charge in [0.15, 0.2) is 0 Å². The van der Waals surface area contributed by atoms with E-state index in [4.69, 9.17) is 0 Å². The van der Waals surface area contributed by atoms with Crippen LogP contribution in [0, 0.1) is 11.8 Å². The van der Waals surface area contributed by atoms with Crippen LogP contribution in [0.2, 0.25) is 0 Å². The summed E-state index contributed by atoms with van der Waals surface area (Å²) in [7, 11) is 8.46. The summed E-state index contributed by atoms with van der Waals surface area (Å²) in [5.74, 6) is 1.71. The number of hydrogen-bond donors (Lipinski definition) is 2. The Morgan fingerprint density at radius 3 is 2.40 bits per heavy atom. The van der Waals surface area contributed by atoms with Gasteiger partial charge < -0.3 is 20.4 Å². The number of nitrogens with zero attached hydrogens (tertiary/aromatic N) is 2. The summed E-state index contributed by atoms with van der Waals surface area (Å²) >= 11 is 0. The first-order chi connectivity index (χ1) is 9.53. The fraction of sp³-hybridized carbons (Fsp3) is 1.00. The van der Waals surface area contributed by atoms with E-state index >= 15 is 0 Å². The molecular weight excluding hydrogens is 248 g/mol. The summed E-state index contributed by atoms with van der Waals surface area (Å²) in [6.45, 7) is 11.6. The normalized spacial score (nSPS) is 20.9. The SMILES string of the molecule is CCC(CNC)CN(C)C.CCNCC1CCN(C)C1. The van der Waals surface area contributed by atoms with Crippen molar-refractivity contribution in [1.29, 1.82) is 0 Å². The van der Waals surface area contributed by atoms with Gasteiger partial charge in [-0.1, -0.05) is 20.3 Å². The molecule has 0 bridgehead atoms. The highest BCUT2D eigenvalue weighted by Crippen LogP contribution is 2.12. The molecule has 1 rings (SSSR count). The summed E-state index contributed by atoms with van der Waals surface area (Å²) in [6, 6.07) is 0. The van der Waals surface area contributed by atoms with Gasteiger partial charge in [0.1, 0.15) is 0 Å². The fourth-order valence-electron chi connectivity index (χ4n) is 2.68. The second-order valence-electron chi connectivity index (χ2n) is 6.32. The molecule has 0 aromatic carbocycles. The van der Waals surface area contributed by atoms with Crippen molar-refractivity contribution in [2.75, 3.05) is 67.5 Å². The van der Waals surface area contributed by atoms with E-state index in [0.29, 0.717) is 0 Å². The summed E-state index contributed by atoms with van der Waals surface area (Å²) in [5.41, 5.74) is 0. The third-order valence-corrected chi connectivity index (χ3v) is 3.87. The molecule has 0 amide bonds. The Kier molecular flexibility index (Phi) is 12.5. The van der Waals surface area contributed by atoms with Gasteiger partial charge in [0.05, 0.1) is 0 Å². The quantitative estimate of drug-likeness (QED) is 0.705. The summed E-state index contributed by atoms with van der Waals surface area (Å²) in [4.78, 5) is 4.65. The van der Waals surface area contributed by atoms with Crippen LogP contribution in [0.3, 0.4) is 0 Å². The standard InChI is InChI=1S/C8H18N2.C8H20N2/c1-3-9-6-8-4-5-10(2)7-8;1-5-8(6-9-2)7-10(3)4/h8-9H,3-7H2,1-2H3;8-9H,5-7H2,1-4H3. The first-order valence-corrected chi connectivity index (χ1v) is 8.21. The first kappa shape index (κ1) is 19.8. The minimum atomic E-state index is 0.806. The Morgan fingerprint density at radius 2 is 2.00 bits per heavy atom. The van der Waals surface area contributed by atoms with E-state index in [2.05, 4.69) is 55.4 Å². The van der Waals surface area contributed by atoms with Gasteiger partial charge in [-0.3, -0.25) is 0 Å². The number of likely N-dealkylation sites (tertiary alicyclic amines) is 1. The Bertz CT molecular complexity index is 209. The zero-order chi connectivity index (χ0) is 15.4. The highest BCUT2D eigenvalue weighted by molar-refractivity contribution is 4.74. The van der Waals surface area contributed by atoms with Gasteiger partial charge in [-0.05, 0) is 72.6 Å². The molecule has 0 radical (unpaired) electrons. The zero-order valence-corrected chi connectivity index (χ0v) is 14.7. The number of hydrogen-bond acceptors (Lipinski definition) is 4. The van der Waals surface area contributed by atoms with E-state index in [1.165, 1.54) is 39.0 Å². The molecule has 0 saturated carbocycles. The van der Waals surface area contributed by atoms with E-state index < -0.39 is 0 Å². The van der Waals surface area contributed by atoms with Gasteiger partial charge in [-0.2, -0.15) is 0 Å². The summed E-state index contributed by atoms with van der Waals surface area (Å²) in [6.07, 6.45) is 2.64. The molecule has 1 saturated heterocycles. The van der Waals surface area contributed by atoms with E-state index in [0.717, 1.165) is 24.9 Å². The molecule has 1 aliphatic rings. The molecule has 1 aliphatic heterocycles. The van der Waals surface area contributed by atoms with Gasteiger partial charge in [-0.15, -0.1) is 0 Å². The van der Waals surface area contributed by atoms with Crippen molar-refractivity contribution in [2.45, 2.75) is 26.7 Å². The summed E-state index contributed by atoms with van der Waals surface area (Å²) < 4.78 is 0. The maximum absolute atomic E-state index is 3.38. The largest absolute Gasteiger partial charge is 0.319 e. The van der Waals surface area contributed by atoms with Gasteiger partial charge >= 0.3 is 0 Å². The van der Waals surface area contributed by atoms with Gasteiger partial charge in [0, 0.05) is 13.1 Å². The molecule has 1 heterocycles. The van der Waals surface area contributed by atoms with Gasteiger partial charge in [0.25, 0.3) is 0 Å². The van der Waals surface area contributed by atoms with Crippen molar-refractivity contribution in [3.05, 3.63) is 0 Å². The molecule has 2 unspecified atom stereocenters. The molecule has 4 heteroatoms. The molecule has 122 valence electrons. The Balaban J connectivity index is 0.000000361. The third kappa shape index (κ3) is 10.6. The van der Waals surface area contributed by atoms with E-state index in [-0.39, 0.29) is 0 Å². The maximum Gasteiger partial charge on any atom is 0.00192 e. The average Bonchev–Trinajstić information content (AvgIpc) is 2.82. The van der Waals surface area contributed by atoms with E-state index in [1.54, 1.807) is 0 Å². The van der Waals surface area contributed by atoms with E-state index in [1.807, 2.05) is 7.05 Å². The molecule has 0 aliphatic carbocycles. The molecule has 1 fully saturated rings. The molecule has 2 N–H and O–H groups in total. The molecule has 0 aromatic rings. The molecule has 2 atom stereocenters. The smallest absolute Gasteiger partial charge is 0.00192 e. The fourth-order valence-corrected chi connectivity index (χ4v) is 2.68. The minimum absolute atomic E-state index is 0.806. The van der Waals surface area contributed by atoms with Gasteiger partial charge in [0.2, 0.25) is 0 Å². The lowest BCUT2D eigenvalue weighted by molar-refractivity contribution is 0.313. The summed E-state index contributed by atoms with van der Waals surface area (Å²) in [5, 5.41) is 6.58. The lowest BCUT2D eigenvalue weighted by Gasteiger charge is -2.18. The predicted octanol–water partition coefficient (Wildman–Crippen LogP) is 1.34. The monoisotopic (exact) mass is 286 g/mol. The van der Waals surface area contributed by atoms with Crippen molar-refractivity contribution in [3.8, 4) is 0 Å². The van der Waals surface area contributed by atoms with Crippen molar-refractivity contribution < 1.29 is 0 Å².